The second-order valence-electron chi connectivity index (χ2n) is 2.59. The molecule has 0 saturated carbocycles. The van der Waals surface area contributed by atoms with Gasteiger partial charge in [-0.2, -0.15) is 0 Å². The maximum Gasteiger partial charge on any atom is 0.117 e. The number of benzene rings is 1. The van der Waals surface area contributed by atoms with E-state index in [1.165, 1.54) is 6.07 Å². The van der Waals surface area contributed by atoms with Crippen molar-refractivity contribution in [3.63, 3.8) is 0 Å². The van der Waals surface area contributed by atoms with E-state index in [9.17, 15) is 0 Å². The highest BCUT2D eigenvalue weighted by molar-refractivity contribution is 6.32. The van der Waals surface area contributed by atoms with E-state index in [0.29, 0.717) is 10.9 Å². The van der Waals surface area contributed by atoms with Gasteiger partial charge in [0.05, 0.1) is 5.02 Å². The van der Waals surface area contributed by atoms with E-state index in [0.717, 1.165) is 12.0 Å². The third kappa shape index (κ3) is 3.29. The molecule has 0 aliphatic carbocycles. The van der Waals surface area contributed by atoms with Crippen molar-refractivity contribution in [2.24, 2.45) is 0 Å². The van der Waals surface area contributed by atoms with Gasteiger partial charge in [-0.05, 0) is 30.2 Å². The van der Waals surface area contributed by atoms with Gasteiger partial charge < -0.3 is 5.11 Å². The molecule has 0 spiro atoms. The van der Waals surface area contributed by atoms with Crippen LogP contribution in [0.4, 0.5) is 0 Å². The second kappa shape index (κ2) is 5.15. The predicted octanol–water partition coefficient (Wildman–Crippen LogP) is 3.69. The number of halogens is 2. The van der Waals surface area contributed by atoms with Gasteiger partial charge in [-0.1, -0.05) is 23.8 Å². The summed E-state index contributed by atoms with van der Waals surface area (Å²) >= 11 is 11.4. The van der Waals surface area contributed by atoms with E-state index >= 15 is 0 Å². The van der Waals surface area contributed by atoms with Crippen molar-refractivity contribution in [1.29, 1.82) is 0 Å². The van der Waals surface area contributed by atoms with E-state index in [4.69, 9.17) is 28.3 Å². The Morgan fingerprint density at radius 3 is 2.77 bits per heavy atom. The van der Waals surface area contributed by atoms with Crippen molar-refractivity contribution < 1.29 is 5.11 Å². The first kappa shape index (κ1) is 10.4. The Hall–Kier alpha value is -0.660. The fraction of sp³-hybridized carbons (Fsp3) is 0.200. The Labute approximate surface area is 87.6 Å². The Morgan fingerprint density at radius 2 is 2.15 bits per heavy atom. The molecule has 0 aliphatic rings. The van der Waals surface area contributed by atoms with E-state index < -0.39 is 0 Å². The normalized spacial score (nSPS) is 10.9. The molecule has 0 aliphatic heterocycles. The van der Waals surface area contributed by atoms with Gasteiger partial charge in [-0.15, -0.1) is 11.6 Å². The minimum atomic E-state index is 0.180. The maximum atomic E-state index is 9.08. The highest BCUT2D eigenvalue weighted by Crippen LogP contribution is 2.22. The molecule has 1 N–H and O–H groups in total. The van der Waals surface area contributed by atoms with Crippen LogP contribution >= 0.6 is 23.2 Å². The van der Waals surface area contributed by atoms with Crippen molar-refractivity contribution in [2.75, 3.05) is 5.88 Å². The Morgan fingerprint density at radius 1 is 1.38 bits per heavy atom. The molecule has 0 unspecified atom stereocenters. The lowest BCUT2D eigenvalue weighted by Gasteiger charge is -1.98. The van der Waals surface area contributed by atoms with Crippen molar-refractivity contribution in [1.82, 2.24) is 0 Å². The van der Waals surface area contributed by atoms with Crippen LogP contribution in [0.2, 0.25) is 5.02 Å². The van der Waals surface area contributed by atoms with E-state index in [-0.39, 0.29) is 5.75 Å². The molecule has 0 atom stereocenters. The number of phenols is 1. The minimum Gasteiger partial charge on any atom is -0.508 e. The highest BCUT2D eigenvalue weighted by atomic mass is 35.5. The zero-order valence-corrected chi connectivity index (χ0v) is 8.52. The molecule has 0 bridgehead atoms. The Kier molecular flexibility index (Phi) is 4.13. The smallest absolute Gasteiger partial charge is 0.117 e. The number of rotatable bonds is 3. The molecule has 3 heteroatoms. The van der Waals surface area contributed by atoms with Crippen LogP contribution in [0.3, 0.4) is 0 Å². The van der Waals surface area contributed by atoms with Crippen molar-refractivity contribution in [3.05, 3.63) is 34.9 Å². The summed E-state index contributed by atoms with van der Waals surface area (Å²) in [4.78, 5) is 0. The molecular formula is C10H10Cl2O. The number of hydrogen-bond donors (Lipinski definition) is 1. The van der Waals surface area contributed by atoms with E-state index in [1.807, 2.05) is 12.2 Å². The molecule has 1 aromatic rings. The lowest BCUT2D eigenvalue weighted by Crippen LogP contribution is -1.75. The summed E-state index contributed by atoms with van der Waals surface area (Å²) in [6, 6.07) is 4.89. The first-order chi connectivity index (χ1) is 6.24. The number of hydrogen-bond acceptors (Lipinski definition) is 1. The zero-order valence-electron chi connectivity index (χ0n) is 7.00. The van der Waals surface area contributed by atoms with Crippen molar-refractivity contribution >= 4 is 29.3 Å². The molecule has 70 valence electrons. The van der Waals surface area contributed by atoms with Crippen LogP contribution in [0.25, 0.3) is 6.08 Å². The Balaban J connectivity index is 2.77. The van der Waals surface area contributed by atoms with Gasteiger partial charge in [0.15, 0.2) is 0 Å². The summed E-state index contributed by atoms with van der Waals surface area (Å²) in [7, 11) is 0. The van der Waals surface area contributed by atoms with Gasteiger partial charge in [0.25, 0.3) is 0 Å². The number of allylic oxidation sites excluding steroid dienone is 1. The van der Waals surface area contributed by atoms with E-state index in [2.05, 4.69) is 0 Å². The van der Waals surface area contributed by atoms with Gasteiger partial charge in [-0.3, -0.25) is 0 Å². The number of phenolic OH excluding ortho intramolecular Hbond substituents is 1. The molecule has 0 amide bonds. The molecular weight excluding hydrogens is 207 g/mol. The SMILES string of the molecule is Oc1ccc(C=CCCCl)c(Cl)c1. The standard InChI is InChI=1S/C10H10Cl2O/c11-6-2-1-3-8-4-5-9(13)7-10(8)12/h1,3-5,7,13H,2,6H2. The molecule has 1 aromatic carbocycles. The van der Waals surface area contributed by atoms with Gasteiger partial charge in [0.2, 0.25) is 0 Å². The van der Waals surface area contributed by atoms with Gasteiger partial charge in [0, 0.05) is 5.88 Å². The second-order valence-corrected chi connectivity index (χ2v) is 3.37. The van der Waals surface area contributed by atoms with Crippen LogP contribution in [-0.4, -0.2) is 11.0 Å². The molecule has 1 nitrogen and oxygen atoms in total. The molecule has 0 radical (unpaired) electrons. The maximum absolute atomic E-state index is 9.08. The Bertz CT molecular complexity index is 308. The molecule has 0 aromatic heterocycles. The third-order valence-electron chi connectivity index (χ3n) is 1.56. The number of aromatic hydroxyl groups is 1. The summed E-state index contributed by atoms with van der Waals surface area (Å²) in [5.41, 5.74) is 0.893. The van der Waals surface area contributed by atoms with Crippen LogP contribution in [-0.2, 0) is 0 Å². The first-order valence-corrected chi connectivity index (χ1v) is 4.86. The van der Waals surface area contributed by atoms with Crippen LogP contribution in [0.1, 0.15) is 12.0 Å². The van der Waals surface area contributed by atoms with Crippen LogP contribution in [0, 0.1) is 0 Å². The predicted molar refractivity (Wildman–Crippen MR) is 57.5 cm³/mol. The van der Waals surface area contributed by atoms with Crippen LogP contribution in [0.5, 0.6) is 5.75 Å². The van der Waals surface area contributed by atoms with Gasteiger partial charge >= 0.3 is 0 Å². The van der Waals surface area contributed by atoms with Crippen molar-refractivity contribution in [3.8, 4) is 5.75 Å². The molecule has 0 heterocycles. The lowest BCUT2D eigenvalue weighted by molar-refractivity contribution is 0.475. The average Bonchev–Trinajstić information content (AvgIpc) is 2.09. The van der Waals surface area contributed by atoms with Crippen LogP contribution in [0.15, 0.2) is 24.3 Å². The summed E-state index contributed by atoms with van der Waals surface area (Å²) in [5, 5.41) is 9.63. The van der Waals surface area contributed by atoms with Crippen LogP contribution < -0.4 is 0 Å². The third-order valence-corrected chi connectivity index (χ3v) is 2.10. The topological polar surface area (TPSA) is 20.2 Å². The zero-order chi connectivity index (χ0) is 9.68. The molecule has 0 saturated heterocycles. The molecule has 1 rings (SSSR count). The summed E-state index contributed by atoms with van der Waals surface area (Å²) in [6.45, 7) is 0. The largest absolute Gasteiger partial charge is 0.508 e. The molecule has 0 fully saturated rings. The van der Waals surface area contributed by atoms with E-state index in [1.54, 1.807) is 12.1 Å². The van der Waals surface area contributed by atoms with Gasteiger partial charge in [-0.25, -0.2) is 0 Å². The quantitative estimate of drug-likeness (QED) is 0.765. The minimum absolute atomic E-state index is 0.180. The van der Waals surface area contributed by atoms with Crippen molar-refractivity contribution in [2.45, 2.75) is 6.42 Å². The van der Waals surface area contributed by atoms with Gasteiger partial charge in [0.1, 0.15) is 5.75 Å². The highest BCUT2D eigenvalue weighted by Gasteiger charge is 1.96. The lowest BCUT2D eigenvalue weighted by atomic mass is 10.2. The summed E-state index contributed by atoms with van der Waals surface area (Å²) in [5.74, 6) is 0.783. The summed E-state index contributed by atoms with van der Waals surface area (Å²) < 4.78 is 0. The fourth-order valence-corrected chi connectivity index (χ4v) is 1.29. The fourth-order valence-electron chi connectivity index (χ4n) is 0.925. The summed E-state index contributed by atoms with van der Waals surface area (Å²) in [6.07, 6.45) is 4.66. The monoisotopic (exact) mass is 216 g/mol. The first-order valence-electron chi connectivity index (χ1n) is 3.95. The number of alkyl halides is 1. The molecule has 13 heavy (non-hydrogen) atoms. The average molecular weight is 217 g/mol.